The molecule has 0 saturated heterocycles. The second-order valence-corrected chi connectivity index (χ2v) is 3.82. The molecular formula is C10H16LiOP. The normalized spacial score (nSPS) is 12.8. The van der Waals surface area contributed by atoms with Crippen molar-refractivity contribution >= 4 is 33.0 Å². The van der Waals surface area contributed by atoms with Crippen LogP contribution in [-0.2, 0) is 4.52 Å². The summed E-state index contributed by atoms with van der Waals surface area (Å²) in [6.07, 6.45) is 1.46. The quantitative estimate of drug-likeness (QED) is 0.521. The molecule has 2 atom stereocenters. The molecule has 0 aliphatic rings. The fraction of sp³-hybridized carbons (Fsp3) is 0.400. The van der Waals surface area contributed by atoms with Gasteiger partial charge in [0.25, 0.3) is 0 Å². The zero-order valence-corrected chi connectivity index (χ0v) is 8.58. The summed E-state index contributed by atoms with van der Waals surface area (Å²) in [5.74, 6) is 0. The van der Waals surface area contributed by atoms with Gasteiger partial charge in [0.05, 0.1) is 6.10 Å². The molecule has 1 nitrogen and oxygen atoms in total. The van der Waals surface area contributed by atoms with Gasteiger partial charge in [-0.15, -0.1) is 0 Å². The monoisotopic (exact) mass is 190 g/mol. The van der Waals surface area contributed by atoms with E-state index in [1.54, 1.807) is 0 Å². The molecule has 1 aromatic rings. The molecule has 1 aromatic carbocycles. The molecule has 0 amide bonds. The Bertz CT molecular complexity index is 215. The molecule has 1 rings (SSSR count). The van der Waals surface area contributed by atoms with Crippen molar-refractivity contribution in [2.75, 3.05) is 0 Å². The second-order valence-electron chi connectivity index (χ2n) is 2.80. The maximum absolute atomic E-state index is 5.60. The van der Waals surface area contributed by atoms with E-state index >= 15 is 0 Å². The fourth-order valence-corrected chi connectivity index (χ4v) is 1.59. The maximum atomic E-state index is 5.60. The Morgan fingerprint density at radius 1 is 1.31 bits per heavy atom. The summed E-state index contributed by atoms with van der Waals surface area (Å²) in [4.78, 5) is 0. The van der Waals surface area contributed by atoms with Crippen molar-refractivity contribution in [3.05, 3.63) is 30.3 Å². The Morgan fingerprint density at radius 3 is 2.46 bits per heavy atom. The molecule has 3 heteroatoms. The molecule has 0 aliphatic heterocycles. The van der Waals surface area contributed by atoms with E-state index < -0.39 is 0 Å². The van der Waals surface area contributed by atoms with Gasteiger partial charge in [-0.2, -0.15) is 0 Å². The topological polar surface area (TPSA) is 9.23 Å². The summed E-state index contributed by atoms with van der Waals surface area (Å²) in [5, 5.41) is 1.28. The van der Waals surface area contributed by atoms with E-state index in [-0.39, 0.29) is 18.9 Å². The Hall–Kier alpha value is 0.207. The Kier molecular flexibility index (Phi) is 7.72. The number of rotatable bonds is 4. The molecule has 13 heavy (non-hydrogen) atoms. The van der Waals surface area contributed by atoms with Crippen molar-refractivity contribution in [3.63, 3.8) is 0 Å². The van der Waals surface area contributed by atoms with Crippen molar-refractivity contribution in [3.8, 4) is 0 Å². The van der Waals surface area contributed by atoms with Gasteiger partial charge in [0, 0.05) is 8.81 Å². The van der Waals surface area contributed by atoms with Gasteiger partial charge in [-0.05, 0) is 18.6 Å². The molecule has 0 radical (unpaired) electrons. The fourth-order valence-electron chi connectivity index (χ4n) is 0.758. The summed E-state index contributed by atoms with van der Waals surface area (Å²) >= 11 is 0. The first kappa shape index (κ1) is 13.2. The van der Waals surface area contributed by atoms with Crippen molar-refractivity contribution in [1.29, 1.82) is 0 Å². The summed E-state index contributed by atoms with van der Waals surface area (Å²) in [7, 11) is 0.492. The first-order valence-corrected chi connectivity index (χ1v) is 5.20. The van der Waals surface area contributed by atoms with Crippen molar-refractivity contribution in [2.24, 2.45) is 0 Å². The van der Waals surface area contributed by atoms with Crippen molar-refractivity contribution in [2.45, 2.75) is 26.4 Å². The van der Waals surface area contributed by atoms with E-state index in [4.69, 9.17) is 4.52 Å². The molecule has 0 saturated carbocycles. The van der Waals surface area contributed by atoms with Gasteiger partial charge in [-0.1, -0.05) is 37.3 Å². The first-order chi connectivity index (χ1) is 5.83. The Morgan fingerprint density at radius 2 is 1.92 bits per heavy atom. The van der Waals surface area contributed by atoms with Gasteiger partial charge < -0.3 is 4.52 Å². The summed E-state index contributed by atoms with van der Waals surface area (Å²) in [5.41, 5.74) is 0. The van der Waals surface area contributed by atoms with E-state index in [1.807, 2.05) is 18.2 Å². The molecular weight excluding hydrogens is 174 g/mol. The zero-order chi connectivity index (χ0) is 8.81. The van der Waals surface area contributed by atoms with E-state index in [0.29, 0.717) is 14.9 Å². The average Bonchev–Trinajstić information content (AvgIpc) is 2.16. The minimum atomic E-state index is 0. The molecule has 0 bridgehead atoms. The summed E-state index contributed by atoms with van der Waals surface area (Å²) in [6, 6.07) is 10.3. The van der Waals surface area contributed by atoms with E-state index in [9.17, 15) is 0 Å². The van der Waals surface area contributed by atoms with Crippen LogP contribution in [0.15, 0.2) is 30.3 Å². The zero-order valence-electron chi connectivity index (χ0n) is 7.58. The summed E-state index contributed by atoms with van der Waals surface area (Å²) in [6.45, 7) is 4.25. The van der Waals surface area contributed by atoms with Crippen molar-refractivity contribution < 1.29 is 4.52 Å². The van der Waals surface area contributed by atoms with Gasteiger partial charge in [-0.3, -0.25) is 0 Å². The van der Waals surface area contributed by atoms with Gasteiger partial charge in [0.2, 0.25) is 0 Å². The van der Waals surface area contributed by atoms with Gasteiger partial charge in [-0.25, -0.2) is 0 Å². The Balaban J connectivity index is 0.00000144. The van der Waals surface area contributed by atoms with Crippen molar-refractivity contribution in [1.82, 2.24) is 0 Å². The number of hydrogen-bond donors (Lipinski definition) is 0. The third kappa shape index (κ3) is 5.50. The SMILES string of the molecule is CCC(C)OPc1ccccc1.[LiH]. The molecule has 0 aromatic heterocycles. The minimum absolute atomic E-state index is 0. The van der Waals surface area contributed by atoms with E-state index in [2.05, 4.69) is 26.0 Å². The molecule has 0 spiro atoms. The molecule has 0 heterocycles. The predicted octanol–water partition coefficient (Wildman–Crippen LogP) is 2.07. The number of benzene rings is 1. The average molecular weight is 190 g/mol. The van der Waals surface area contributed by atoms with Crippen LogP contribution in [0.3, 0.4) is 0 Å². The van der Waals surface area contributed by atoms with Crippen LogP contribution in [0.1, 0.15) is 20.3 Å². The predicted molar refractivity (Wildman–Crippen MR) is 62.4 cm³/mol. The molecule has 0 fully saturated rings. The van der Waals surface area contributed by atoms with Crippen LogP contribution < -0.4 is 5.30 Å². The van der Waals surface area contributed by atoms with Crippen LogP contribution in [0.25, 0.3) is 0 Å². The molecule has 0 N–H and O–H groups in total. The third-order valence-electron chi connectivity index (χ3n) is 1.73. The molecule has 68 valence electrons. The molecule has 2 unspecified atom stereocenters. The number of hydrogen-bond acceptors (Lipinski definition) is 1. The Labute approximate surface area is 94.3 Å². The first-order valence-electron chi connectivity index (χ1n) is 4.29. The molecule has 0 aliphatic carbocycles. The van der Waals surface area contributed by atoms with Gasteiger partial charge in [0.15, 0.2) is 0 Å². The standard InChI is InChI=1S/C10H15OP.Li.H/c1-3-9(2)11-12-10-7-5-4-6-8-10;;/h4-9,12H,3H2,1-2H3;;. The van der Waals surface area contributed by atoms with Gasteiger partial charge >= 0.3 is 18.9 Å². The van der Waals surface area contributed by atoms with Crippen LogP contribution in [0.2, 0.25) is 0 Å². The van der Waals surface area contributed by atoms with E-state index in [1.165, 1.54) is 5.30 Å². The third-order valence-corrected chi connectivity index (χ3v) is 2.82. The van der Waals surface area contributed by atoms with Crippen LogP contribution >= 0.6 is 8.81 Å². The van der Waals surface area contributed by atoms with Crippen LogP contribution in [-0.4, -0.2) is 25.0 Å². The van der Waals surface area contributed by atoms with Crippen LogP contribution in [0.5, 0.6) is 0 Å². The summed E-state index contributed by atoms with van der Waals surface area (Å²) < 4.78 is 5.60. The van der Waals surface area contributed by atoms with E-state index in [0.717, 1.165) is 6.42 Å². The van der Waals surface area contributed by atoms with Gasteiger partial charge in [0.1, 0.15) is 0 Å². The van der Waals surface area contributed by atoms with Crippen LogP contribution in [0, 0.1) is 0 Å². The van der Waals surface area contributed by atoms with Crippen LogP contribution in [0.4, 0.5) is 0 Å². The second kappa shape index (κ2) is 7.60.